The molecule has 2 aromatic carbocycles. The summed E-state index contributed by atoms with van der Waals surface area (Å²) in [5.41, 5.74) is 4.87. The van der Waals surface area contributed by atoms with Crippen molar-refractivity contribution in [2.45, 2.75) is 20.0 Å². The van der Waals surface area contributed by atoms with Crippen LogP contribution in [0.25, 0.3) is 0 Å². The molecule has 1 N–H and O–H groups in total. The van der Waals surface area contributed by atoms with Crippen LogP contribution >= 0.6 is 11.6 Å². The van der Waals surface area contributed by atoms with Crippen molar-refractivity contribution in [1.82, 2.24) is 0 Å². The number of hydrogen-bond acceptors (Lipinski definition) is 2. The number of rotatable bonds is 3. The molecule has 0 spiro atoms. The minimum absolute atomic E-state index is 0.109. The Kier molecular flexibility index (Phi) is 4.76. The first-order valence-corrected chi connectivity index (χ1v) is 6.88. The maximum absolute atomic E-state index is 12.7. The Morgan fingerprint density at radius 3 is 2.50 bits per heavy atom. The number of hydrazone groups is 1. The van der Waals surface area contributed by atoms with E-state index >= 15 is 0 Å². The quantitative estimate of drug-likeness (QED) is 0.591. The third-order valence-electron chi connectivity index (χ3n) is 3.12. The Hall–Kier alpha value is -2.01. The van der Waals surface area contributed by atoms with Crippen LogP contribution in [0.1, 0.15) is 22.3 Å². The van der Waals surface area contributed by atoms with E-state index in [2.05, 4.69) is 10.5 Å². The molecule has 0 saturated carbocycles. The van der Waals surface area contributed by atoms with Crippen LogP contribution in [0.3, 0.4) is 0 Å². The molecule has 2 rings (SSSR count). The number of nitrogens with one attached hydrogen (secondary N) is 1. The van der Waals surface area contributed by atoms with Crippen molar-refractivity contribution < 1.29 is 13.2 Å². The van der Waals surface area contributed by atoms with Crippen LogP contribution in [-0.4, -0.2) is 6.21 Å². The van der Waals surface area contributed by atoms with E-state index in [4.69, 9.17) is 11.6 Å². The van der Waals surface area contributed by atoms with Crippen molar-refractivity contribution >= 4 is 23.5 Å². The highest BCUT2D eigenvalue weighted by Crippen LogP contribution is 2.33. The lowest BCUT2D eigenvalue weighted by atomic mass is 10.1. The highest BCUT2D eigenvalue weighted by molar-refractivity contribution is 6.33. The summed E-state index contributed by atoms with van der Waals surface area (Å²) in [6, 6.07) is 8.93. The van der Waals surface area contributed by atoms with Crippen molar-refractivity contribution in [3.8, 4) is 0 Å². The van der Waals surface area contributed by atoms with Crippen molar-refractivity contribution in [1.29, 1.82) is 0 Å². The molecule has 0 unspecified atom stereocenters. The number of aryl methyl sites for hydroxylation is 2. The first kappa shape index (κ1) is 16.4. The second-order valence-corrected chi connectivity index (χ2v) is 5.33. The number of benzene rings is 2. The maximum Gasteiger partial charge on any atom is 0.416 e. The molecule has 0 aliphatic carbocycles. The van der Waals surface area contributed by atoms with Crippen LogP contribution in [0.15, 0.2) is 41.5 Å². The van der Waals surface area contributed by atoms with Gasteiger partial charge in [-0.3, -0.25) is 5.43 Å². The van der Waals surface area contributed by atoms with Gasteiger partial charge in [0, 0.05) is 0 Å². The number of anilines is 1. The molecule has 0 aliphatic heterocycles. The van der Waals surface area contributed by atoms with Gasteiger partial charge in [-0.1, -0.05) is 35.4 Å². The Morgan fingerprint density at radius 1 is 1.09 bits per heavy atom. The zero-order valence-corrected chi connectivity index (χ0v) is 12.8. The largest absolute Gasteiger partial charge is 0.416 e. The average Bonchev–Trinajstić information content (AvgIpc) is 2.43. The molecule has 2 nitrogen and oxygen atoms in total. The Balaban J connectivity index is 2.21. The predicted molar refractivity (Wildman–Crippen MR) is 83.6 cm³/mol. The molecule has 2 aromatic rings. The van der Waals surface area contributed by atoms with E-state index in [0.29, 0.717) is 0 Å². The maximum atomic E-state index is 12.7. The molecule has 0 bridgehead atoms. The van der Waals surface area contributed by atoms with Gasteiger partial charge in [-0.15, -0.1) is 0 Å². The standard InChI is InChI=1S/C16H14ClF3N2/c1-10-3-4-11(2)12(7-10)9-21-22-15-8-13(16(18,19)20)5-6-14(15)17/h3-9,22H,1-2H3. The fourth-order valence-electron chi connectivity index (χ4n) is 1.86. The summed E-state index contributed by atoms with van der Waals surface area (Å²) < 4.78 is 38.0. The first-order chi connectivity index (χ1) is 10.3. The molecular formula is C16H14ClF3N2. The van der Waals surface area contributed by atoms with Gasteiger partial charge in [-0.25, -0.2) is 0 Å². The molecule has 0 heterocycles. The fourth-order valence-corrected chi connectivity index (χ4v) is 2.02. The van der Waals surface area contributed by atoms with E-state index in [-0.39, 0.29) is 10.7 Å². The van der Waals surface area contributed by atoms with Crippen LogP contribution < -0.4 is 5.43 Å². The SMILES string of the molecule is Cc1ccc(C)c(C=NNc2cc(C(F)(F)F)ccc2Cl)c1. The molecule has 0 radical (unpaired) electrons. The van der Waals surface area contributed by atoms with Gasteiger partial charge in [-0.05, 0) is 43.2 Å². The van der Waals surface area contributed by atoms with E-state index in [1.165, 1.54) is 6.07 Å². The Labute approximate surface area is 131 Å². The molecule has 0 fully saturated rings. The van der Waals surface area contributed by atoms with Gasteiger partial charge < -0.3 is 0 Å². The summed E-state index contributed by atoms with van der Waals surface area (Å²) in [6.45, 7) is 3.88. The van der Waals surface area contributed by atoms with Crippen molar-refractivity contribution in [3.63, 3.8) is 0 Å². The highest BCUT2D eigenvalue weighted by atomic mass is 35.5. The molecule has 116 valence electrons. The average molecular weight is 327 g/mol. The summed E-state index contributed by atoms with van der Waals surface area (Å²) in [6.07, 6.45) is -2.86. The number of nitrogens with zero attached hydrogens (tertiary/aromatic N) is 1. The van der Waals surface area contributed by atoms with E-state index in [1.54, 1.807) is 6.21 Å². The van der Waals surface area contributed by atoms with Crippen LogP contribution in [0, 0.1) is 13.8 Å². The van der Waals surface area contributed by atoms with Gasteiger partial charge in [0.15, 0.2) is 0 Å². The minimum Gasteiger partial charge on any atom is -0.277 e. The molecule has 0 aromatic heterocycles. The van der Waals surface area contributed by atoms with Gasteiger partial charge in [0.25, 0.3) is 0 Å². The van der Waals surface area contributed by atoms with E-state index in [9.17, 15) is 13.2 Å². The number of halogens is 4. The van der Waals surface area contributed by atoms with E-state index in [0.717, 1.165) is 28.8 Å². The molecular weight excluding hydrogens is 313 g/mol. The van der Waals surface area contributed by atoms with Crippen LogP contribution in [0.2, 0.25) is 5.02 Å². The van der Waals surface area contributed by atoms with Crippen molar-refractivity contribution in [2.24, 2.45) is 5.10 Å². The van der Waals surface area contributed by atoms with Crippen LogP contribution in [0.5, 0.6) is 0 Å². The Morgan fingerprint density at radius 2 is 1.82 bits per heavy atom. The van der Waals surface area contributed by atoms with Gasteiger partial charge in [-0.2, -0.15) is 18.3 Å². The molecule has 6 heteroatoms. The summed E-state index contributed by atoms with van der Waals surface area (Å²) in [5.74, 6) is 0. The summed E-state index contributed by atoms with van der Waals surface area (Å²) in [7, 11) is 0. The van der Waals surface area contributed by atoms with Crippen molar-refractivity contribution in [3.05, 3.63) is 63.7 Å². The molecule has 0 atom stereocenters. The molecule has 0 saturated heterocycles. The normalized spacial score (nSPS) is 11.9. The summed E-state index contributed by atoms with van der Waals surface area (Å²) >= 11 is 5.88. The molecule has 0 aliphatic rings. The topological polar surface area (TPSA) is 24.4 Å². The third-order valence-corrected chi connectivity index (χ3v) is 3.45. The van der Waals surface area contributed by atoms with E-state index in [1.807, 2.05) is 32.0 Å². The monoisotopic (exact) mass is 326 g/mol. The second-order valence-electron chi connectivity index (χ2n) is 4.92. The lowest BCUT2D eigenvalue weighted by molar-refractivity contribution is -0.137. The summed E-state index contributed by atoms with van der Waals surface area (Å²) in [5, 5.41) is 4.14. The predicted octanol–water partition coefficient (Wildman–Crippen LogP) is 5.42. The first-order valence-electron chi connectivity index (χ1n) is 6.50. The highest BCUT2D eigenvalue weighted by Gasteiger charge is 2.30. The summed E-state index contributed by atoms with van der Waals surface area (Å²) in [4.78, 5) is 0. The lowest BCUT2D eigenvalue weighted by Crippen LogP contribution is -2.05. The molecule has 22 heavy (non-hydrogen) atoms. The molecule has 0 amide bonds. The van der Waals surface area contributed by atoms with Gasteiger partial charge in [0.1, 0.15) is 0 Å². The van der Waals surface area contributed by atoms with E-state index < -0.39 is 11.7 Å². The number of hydrogen-bond donors (Lipinski definition) is 1. The lowest BCUT2D eigenvalue weighted by Gasteiger charge is -2.10. The minimum atomic E-state index is -4.42. The van der Waals surface area contributed by atoms with Crippen LogP contribution in [0.4, 0.5) is 18.9 Å². The van der Waals surface area contributed by atoms with Crippen molar-refractivity contribution in [2.75, 3.05) is 5.43 Å². The van der Waals surface area contributed by atoms with Gasteiger partial charge in [0.2, 0.25) is 0 Å². The second kappa shape index (κ2) is 6.40. The third kappa shape index (κ3) is 4.01. The fraction of sp³-hybridized carbons (Fsp3) is 0.188. The van der Waals surface area contributed by atoms with Gasteiger partial charge >= 0.3 is 6.18 Å². The number of alkyl halides is 3. The smallest absolute Gasteiger partial charge is 0.277 e. The zero-order chi connectivity index (χ0) is 16.3. The van der Waals surface area contributed by atoms with Crippen LogP contribution in [-0.2, 0) is 6.18 Å². The Bertz CT molecular complexity index is 709. The van der Waals surface area contributed by atoms with Gasteiger partial charge in [0.05, 0.1) is 22.5 Å². The zero-order valence-electron chi connectivity index (χ0n) is 12.0.